The number of carbonyl (C=O) groups is 1. The zero-order valence-electron chi connectivity index (χ0n) is 23.4. The molecule has 5 N–H and O–H groups in total. The van der Waals surface area contributed by atoms with Crippen molar-refractivity contribution in [2.45, 2.75) is 130 Å². The quantitative estimate of drug-likeness (QED) is 0.341. The first-order chi connectivity index (χ1) is 17.1. The van der Waals surface area contributed by atoms with Crippen LogP contribution in [0.25, 0.3) is 0 Å². The number of aliphatic hydroxyl groups excluding tert-OH is 2. The van der Waals surface area contributed by atoms with Gasteiger partial charge in [-0.1, -0.05) is 27.2 Å². The number of rotatable bonds is 5. The lowest BCUT2D eigenvalue weighted by atomic mass is 9.33. The highest BCUT2D eigenvalue weighted by Crippen LogP contribution is 2.76. The predicted molar refractivity (Wildman–Crippen MR) is 138 cm³/mol. The zero-order chi connectivity index (χ0) is 27.2. The zero-order valence-corrected chi connectivity index (χ0v) is 23.4. The van der Waals surface area contributed by atoms with E-state index in [1.54, 1.807) is 0 Å². The summed E-state index contributed by atoms with van der Waals surface area (Å²) in [5.41, 5.74) is -1.64. The Morgan fingerprint density at radius 3 is 2.14 bits per heavy atom. The van der Waals surface area contributed by atoms with Gasteiger partial charge in [0.25, 0.3) is 0 Å². The van der Waals surface area contributed by atoms with Gasteiger partial charge in [-0.05, 0) is 118 Å². The van der Waals surface area contributed by atoms with Gasteiger partial charge in [-0.15, -0.1) is 0 Å². The van der Waals surface area contributed by atoms with Gasteiger partial charge in [-0.2, -0.15) is 0 Å². The van der Waals surface area contributed by atoms with Gasteiger partial charge in [0.15, 0.2) is 12.6 Å². The van der Waals surface area contributed by atoms with Crippen molar-refractivity contribution in [1.82, 2.24) is 0 Å². The van der Waals surface area contributed by atoms with E-state index >= 15 is 0 Å². The summed E-state index contributed by atoms with van der Waals surface area (Å²) < 4.78 is 5.53. The molecule has 0 aromatic rings. The monoisotopic (exact) mass is 522 g/mol. The minimum Gasteiger partial charge on any atom is -0.481 e. The Morgan fingerprint density at radius 2 is 1.51 bits per heavy atom. The van der Waals surface area contributed by atoms with Crippen LogP contribution in [0, 0.1) is 51.2 Å². The molecule has 12 atom stereocenters. The summed E-state index contributed by atoms with van der Waals surface area (Å²) >= 11 is 0. The van der Waals surface area contributed by atoms with Crippen LogP contribution in [-0.2, 0) is 9.53 Å². The number of ether oxygens (including phenoxy) is 1. The molecule has 0 aromatic carbocycles. The average molecular weight is 523 g/mol. The van der Waals surface area contributed by atoms with E-state index in [2.05, 4.69) is 20.8 Å². The van der Waals surface area contributed by atoms with Gasteiger partial charge < -0.3 is 30.3 Å². The maximum Gasteiger partial charge on any atom is 0.309 e. The normalized spacial score (nSPS) is 53.0. The van der Waals surface area contributed by atoms with E-state index in [4.69, 9.17) is 4.74 Å². The summed E-state index contributed by atoms with van der Waals surface area (Å²) in [6, 6.07) is 0. The van der Waals surface area contributed by atoms with Crippen molar-refractivity contribution < 1.29 is 35.1 Å². The predicted octanol–water partition coefficient (Wildman–Crippen LogP) is 4.30. The van der Waals surface area contributed by atoms with E-state index < -0.39 is 41.6 Å². The summed E-state index contributed by atoms with van der Waals surface area (Å²) in [7, 11) is 0. The van der Waals surface area contributed by atoms with Crippen molar-refractivity contribution in [2.24, 2.45) is 51.2 Å². The average Bonchev–Trinajstić information content (AvgIpc) is 3.23. The smallest absolute Gasteiger partial charge is 0.309 e. The number of hydrogen-bond donors (Lipinski definition) is 5. The van der Waals surface area contributed by atoms with Crippen LogP contribution < -0.4 is 0 Å². The van der Waals surface area contributed by atoms with Gasteiger partial charge in [0.1, 0.15) is 6.10 Å². The Morgan fingerprint density at radius 1 is 0.811 bits per heavy atom. The highest BCUT2D eigenvalue weighted by atomic mass is 16.6. The molecule has 37 heavy (non-hydrogen) atoms. The largest absolute Gasteiger partial charge is 0.481 e. The molecule has 0 amide bonds. The van der Waals surface area contributed by atoms with Crippen LogP contribution in [0.4, 0.5) is 0 Å². The van der Waals surface area contributed by atoms with Crippen LogP contribution in [0.2, 0.25) is 0 Å². The molecular formula is C30H50O7. The molecule has 0 radical (unpaired) electrons. The first kappa shape index (κ1) is 27.8. The number of carboxylic acids is 1. The van der Waals surface area contributed by atoms with Crippen LogP contribution in [0.15, 0.2) is 0 Å². The fourth-order valence-electron chi connectivity index (χ4n) is 11.7. The number of aliphatic carboxylic acids is 1. The van der Waals surface area contributed by atoms with Crippen LogP contribution in [0.3, 0.4) is 0 Å². The van der Waals surface area contributed by atoms with E-state index in [0.717, 1.165) is 64.2 Å². The molecule has 10 unspecified atom stereocenters. The van der Waals surface area contributed by atoms with Gasteiger partial charge in [-0.3, -0.25) is 4.79 Å². The first-order valence-corrected chi connectivity index (χ1v) is 14.8. The fourth-order valence-corrected chi connectivity index (χ4v) is 11.7. The first-order valence-electron chi connectivity index (χ1n) is 14.8. The number of carboxylic acid groups (broad SMARTS) is 1. The molecule has 0 saturated heterocycles. The molecule has 5 aliphatic carbocycles. The lowest BCUT2D eigenvalue weighted by Gasteiger charge is -2.72. The van der Waals surface area contributed by atoms with E-state index in [0.29, 0.717) is 18.3 Å². The fraction of sp³-hybridized carbons (Fsp3) is 0.967. The van der Waals surface area contributed by atoms with Crippen molar-refractivity contribution >= 4 is 5.97 Å². The maximum absolute atomic E-state index is 12.5. The highest BCUT2D eigenvalue weighted by Gasteiger charge is 2.71. The van der Waals surface area contributed by atoms with E-state index in [-0.39, 0.29) is 28.1 Å². The summed E-state index contributed by atoms with van der Waals surface area (Å²) in [5.74, 6) is 0.0577. The molecule has 0 bridgehead atoms. The van der Waals surface area contributed by atoms with Crippen molar-refractivity contribution in [2.75, 3.05) is 0 Å². The second kappa shape index (κ2) is 8.89. The third-order valence-corrected chi connectivity index (χ3v) is 13.5. The molecular weight excluding hydrogens is 472 g/mol. The van der Waals surface area contributed by atoms with E-state index in [1.165, 1.54) is 6.92 Å². The minimum absolute atomic E-state index is 0.0102. The highest BCUT2D eigenvalue weighted by molar-refractivity contribution is 5.76. The molecule has 5 fully saturated rings. The summed E-state index contributed by atoms with van der Waals surface area (Å²) in [4.78, 5) is 12.5. The van der Waals surface area contributed by atoms with Crippen molar-refractivity contribution in [1.29, 1.82) is 0 Å². The molecule has 5 saturated carbocycles. The summed E-state index contributed by atoms with van der Waals surface area (Å²) in [6.45, 7) is 10.6. The van der Waals surface area contributed by atoms with Gasteiger partial charge in [0.2, 0.25) is 0 Å². The third kappa shape index (κ3) is 3.66. The van der Waals surface area contributed by atoms with Crippen LogP contribution in [0.5, 0.6) is 0 Å². The minimum atomic E-state index is -1.78. The molecule has 7 nitrogen and oxygen atoms in total. The SMILES string of the molecule is CC(O)OC(C(O)O)C1CCC2(C)C3CCC4C5CCCC5(C(=O)O)CC[C@@]4(C)C3(C)CCC2[C@]1(C)O. The van der Waals surface area contributed by atoms with Gasteiger partial charge >= 0.3 is 5.97 Å². The Labute approximate surface area is 222 Å². The lowest BCUT2D eigenvalue weighted by molar-refractivity contribution is -0.289. The third-order valence-electron chi connectivity index (χ3n) is 13.5. The number of aliphatic hydroxyl groups is 4. The van der Waals surface area contributed by atoms with E-state index in [1.807, 2.05) is 6.92 Å². The van der Waals surface area contributed by atoms with Crippen molar-refractivity contribution in [3.05, 3.63) is 0 Å². The second-order valence-electron chi connectivity index (χ2n) is 14.6. The van der Waals surface area contributed by atoms with Gasteiger partial charge in [0.05, 0.1) is 11.0 Å². The van der Waals surface area contributed by atoms with Crippen LogP contribution in [0.1, 0.15) is 105 Å². The molecule has 7 heteroatoms. The van der Waals surface area contributed by atoms with Gasteiger partial charge in [0, 0.05) is 5.92 Å². The molecule has 0 spiro atoms. The lowest BCUT2D eigenvalue weighted by Crippen LogP contribution is -2.68. The standard InChI is InChI=1S/C30H50O7/c1-17(31)37-23(24(32)33)20-10-13-26(2)21-9-8-18-19-7-6-12-30(19,25(34)35)16-15-27(18,3)28(21,4)14-11-22(26)29(20,5)36/h17-24,31-33,36H,6-16H2,1-5H3,(H,34,35)/t17?,18?,19?,20?,21?,22?,23?,26?,27-,28?,29-,30?/m1/s1. The van der Waals surface area contributed by atoms with Crippen molar-refractivity contribution in [3.8, 4) is 0 Å². The Kier molecular flexibility index (Phi) is 6.68. The van der Waals surface area contributed by atoms with E-state index in [9.17, 15) is 30.3 Å². The Balaban J connectivity index is 1.46. The second-order valence-corrected chi connectivity index (χ2v) is 14.6. The van der Waals surface area contributed by atoms with Crippen molar-refractivity contribution in [3.63, 3.8) is 0 Å². The summed E-state index contributed by atoms with van der Waals surface area (Å²) in [5, 5.41) is 52.4. The van der Waals surface area contributed by atoms with Gasteiger partial charge in [-0.25, -0.2) is 0 Å². The van der Waals surface area contributed by atoms with Crippen LogP contribution >= 0.6 is 0 Å². The Bertz CT molecular complexity index is 902. The molecule has 212 valence electrons. The maximum atomic E-state index is 12.5. The van der Waals surface area contributed by atoms with Crippen LogP contribution in [-0.4, -0.2) is 55.8 Å². The number of fused-ring (bicyclic) bond motifs is 7. The number of hydrogen-bond acceptors (Lipinski definition) is 6. The molecule has 5 aliphatic rings. The molecule has 0 aromatic heterocycles. The topological polar surface area (TPSA) is 127 Å². The summed E-state index contributed by atoms with van der Waals surface area (Å²) in [6.07, 6.45) is 6.11. The molecule has 5 rings (SSSR count). The molecule has 0 heterocycles. The Hall–Kier alpha value is -0.730. The molecule has 0 aliphatic heterocycles.